The van der Waals surface area contributed by atoms with Crippen molar-refractivity contribution >= 4 is 12.0 Å². The molecule has 1 spiro atoms. The number of carbonyl (C=O) groups is 2. The second kappa shape index (κ2) is 5.65. The van der Waals surface area contributed by atoms with Crippen molar-refractivity contribution in [3.63, 3.8) is 0 Å². The third-order valence-corrected chi connectivity index (χ3v) is 5.18. The predicted octanol–water partition coefficient (Wildman–Crippen LogP) is 1.45. The first-order valence-corrected chi connectivity index (χ1v) is 8.70. The summed E-state index contributed by atoms with van der Waals surface area (Å²) in [6, 6.07) is 0.332. The lowest BCUT2D eigenvalue weighted by Gasteiger charge is -2.58. The van der Waals surface area contributed by atoms with Gasteiger partial charge in [0.15, 0.2) is 0 Å². The van der Waals surface area contributed by atoms with E-state index in [4.69, 9.17) is 4.74 Å². The Morgan fingerprint density at radius 1 is 1.22 bits per heavy atom. The maximum Gasteiger partial charge on any atom is 0.410 e. The summed E-state index contributed by atoms with van der Waals surface area (Å²) in [5, 5.41) is 3.15. The number of rotatable bonds is 3. The van der Waals surface area contributed by atoms with E-state index >= 15 is 0 Å². The van der Waals surface area contributed by atoms with E-state index < -0.39 is 5.60 Å². The SMILES string of the molecule is CCN1CC(NC(=O)C2CC3(C2)CN(C(=O)OC(C)(C)C)C3)C1. The number of likely N-dealkylation sites (tertiary alicyclic amines) is 2. The molecular weight excluding hydrogens is 294 g/mol. The number of amides is 2. The first-order chi connectivity index (χ1) is 10.7. The van der Waals surface area contributed by atoms with Crippen LogP contribution in [0, 0.1) is 11.3 Å². The molecule has 2 saturated heterocycles. The smallest absolute Gasteiger partial charge is 0.410 e. The van der Waals surface area contributed by atoms with Crippen molar-refractivity contribution in [1.29, 1.82) is 0 Å². The van der Waals surface area contributed by atoms with E-state index in [0.29, 0.717) is 6.04 Å². The number of ether oxygens (including phenoxy) is 1. The average molecular weight is 323 g/mol. The minimum Gasteiger partial charge on any atom is -0.444 e. The number of nitrogens with zero attached hydrogens (tertiary/aromatic N) is 2. The van der Waals surface area contributed by atoms with Gasteiger partial charge in [0.25, 0.3) is 0 Å². The van der Waals surface area contributed by atoms with Gasteiger partial charge < -0.3 is 15.0 Å². The molecule has 1 saturated carbocycles. The van der Waals surface area contributed by atoms with Crippen molar-refractivity contribution in [2.45, 2.75) is 52.2 Å². The highest BCUT2D eigenvalue weighted by Gasteiger charge is 2.56. The van der Waals surface area contributed by atoms with Crippen molar-refractivity contribution in [3.8, 4) is 0 Å². The Balaban J connectivity index is 1.36. The fourth-order valence-electron chi connectivity index (χ4n) is 3.89. The highest BCUT2D eigenvalue weighted by molar-refractivity contribution is 5.80. The molecule has 0 unspecified atom stereocenters. The zero-order chi connectivity index (χ0) is 16.8. The highest BCUT2D eigenvalue weighted by atomic mass is 16.6. The molecule has 2 amide bonds. The number of hydrogen-bond donors (Lipinski definition) is 1. The highest BCUT2D eigenvalue weighted by Crippen LogP contribution is 2.52. The molecule has 1 N–H and O–H groups in total. The molecule has 1 aliphatic carbocycles. The third kappa shape index (κ3) is 3.47. The third-order valence-electron chi connectivity index (χ3n) is 5.18. The van der Waals surface area contributed by atoms with Gasteiger partial charge in [-0.2, -0.15) is 0 Å². The second-order valence-electron chi connectivity index (χ2n) is 8.50. The zero-order valence-electron chi connectivity index (χ0n) is 14.7. The molecule has 6 heteroatoms. The van der Waals surface area contributed by atoms with Gasteiger partial charge in [-0.05, 0) is 40.2 Å². The summed E-state index contributed by atoms with van der Waals surface area (Å²) >= 11 is 0. The zero-order valence-corrected chi connectivity index (χ0v) is 14.7. The van der Waals surface area contributed by atoms with Gasteiger partial charge in [0, 0.05) is 37.5 Å². The maximum atomic E-state index is 12.2. The van der Waals surface area contributed by atoms with Crippen LogP contribution >= 0.6 is 0 Å². The van der Waals surface area contributed by atoms with E-state index in [1.54, 1.807) is 4.90 Å². The standard InChI is InChI=1S/C17H29N3O3/c1-5-19-8-13(9-19)18-14(21)12-6-17(7-12)10-20(11-17)15(22)23-16(2,3)4/h12-13H,5-11H2,1-4H3,(H,18,21). The molecule has 0 aromatic carbocycles. The van der Waals surface area contributed by atoms with Crippen LogP contribution in [-0.4, -0.2) is 66.2 Å². The Bertz CT molecular complexity index is 480. The van der Waals surface area contributed by atoms with E-state index in [9.17, 15) is 9.59 Å². The predicted molar refractivity (Wildman–Crippen MR) is 87.0 cm³/mol. The lowest BCUT2D eigenvalue weighted by atomic mass is 9.57. The Morgan fingerprint density at radius 2 is 1.83 bits per heavy atom. The Morgan fingerprint density at radius 3 is 2.35 bits per heavy atom. The number of carbonyl (C=O) groups excluding carboxylic acids is 2. The fourth-order valence-corrected chi connectivity index (χ4v) is 3.89. The van der Waals surface area contributed by atoms with Crippen LogP contribution in [0.15, 0.2) is 0 Å². The number of nitrogens with one attached hydrogen (secondary N) is 1. The van der Waals surface area contributed by atoms with Crippen molar-refractivity contribution in [2.24, 2.45) is 11.3 Å². The summed E-state index contributed by atoms with van der Waals surface area (Å²) in [6.45, 7) is 12.3. The lowest BCUT2D eigenvalue weighted by molar-refractivity contribution is -0.144. The molecule has 0 radical (unpaired) electrons. The van der Waals surface area contributed by atoms with Gasteiger partial charge in [0.1, 0.15) is 5.60 Å². The fraction of sp³-hybridized carbons (Fsp3) is 0.882. The van der Waals surface area contributed by atoms with Gasteiger partial charge in [-0.25, -0.2) is 4.79 Å². The van der Waals surface area contributed by atoms with Crippen LogP contribution in [0.4, 0.5) is 4.79 Å². The van der Waals surface area contributed by atoms with Gasteiger partial charge in [-0.3, -0.25) is 9.69 Å². The minimum absolute atomic E-state index is 0.131. The lowest BCUT2D eigenvalue weighted by Crippen LogP contribution is -2.67. The van der Waals surface area contributed by atoms with Gasteiger partial charge in [0.05, 0.1) is 6.04 Å². The largest absolute Gasteiger partial charge is 0.444 e. The van der Waals surface area contributed by atoms with Crippen molar-refractivity contribution in [2.75, 3.05) is 32.7 Å². The summed E-state index contributed by atoms with van der Waals surface area (Å²) in [7, 11) is 0. The molecule has 6 nitrogen and oxygen atoms in total. The Labute approximate surface area is 138 Å². The molecule has 0 bridgehead atoms. The molecule has 130 valence electrons. The van der Waals surface area contributed by atoms with Crippen molar-refractivity contribution < 1.29 is 14.3 Å². The van der Waals surface area contributed by atoms with Gasteiger partial charge >= 0.3 is 6.09 Å². The van der Waals surface area contributed by atoms with E-state index in [1.165, 1.54) is 0 Å². The summed E-state index contributed by atoms with van der Waals surface area (Å²) < 4.78 is 5.38. The Kier molecular flexibility index (Phi) is 4.07. The van der Waals surface area contributed by atoms with E-state index in [0.717, 1.165) is 45.6 Å². The first kappa shape index (κ1) is 16.6. The molecule has 0 atom stereocenters. The molecule has 3 fully saturated rings. The summed E-state index contributed by atoms with van der Waals surface area (Å²) in [6.07, 6.45) is 1.58. The van der Waals surface area contributed by atoms with E-state index in [1.807, 2.05) is 20.8 Å². The number of hydrogen-bond acceptors (Lipinski definition) is 4. The topological polar surface area (TPSA) is 61.9 Å². The quantitative estimate of drug-likeness (QED) is 0.854. The van der Waals surface area contributed by atoms with Gasteiger partial charge in [-0.1, -0.05) is 6.92 Å². The van der Waals surface area contributed by atoms with E-state index in [2.05, 4.69) is 17.1 Å². The monoisotopic (exact) mass is 323 g/mol. The molecule has 23 heavy (non-hydrogen) atoms. The second-order valence-corrected chi connectivity index (χ2v) is 8.50. The van der Waals surface area contributed by atoms with Crippen LogP contribution in [0.5, 0.6) is 0 Å². The average Bonchev–Trinajstić information content (AvgIpc) is 2.27. The van der Waals surface area contributed by atoms with Crippen LogP contribution in [0.2, 0.25) is 0 Å². The first-order valence-electron chi connectivity index (χ1n) is 8.70. The van der Waals surface area contributed by atoms with Gasteiger partial charge in [-0.15, -0.1) is 0 Å². The van der Waals surface area contributed by atoms with Crippen LogP contribution in [0.25, 0.3) is 0 Å². The van der Waals surface area contributed by atoms with Crippen molar-refractivity contribution in [3.05, 3.63) is 0 Å². The molecule has 2 aliphatic heterocycles. The van der Waals surface area contributed by atoms with Crippen LogP contribution in [0.3, 0.4) is 0 Å². The van der Waals surface area contributed by atoms with Crippen LogP contribution in [0.1, 0.15) is 40.5 Å². The summed E-state index contributed by atoms with van der Waals surface area (Å²) in [5.41, 5.74) is -0.273. The maximum absolute atomic E-state index is 12.2. The van der Waals surface area contributed by atoms with Crippen LogP contribution < -0.4 is 5.32 Å². The molecule has 0 aromatic rings. The Hall–Kier alpha value is -1.30. The van der Waals surface area contributed by atoms with Crippen molar-refractivity contribution in [1.82, 2.24) is 15.1 Å². The summed E-state index contributed by atoms with van der Waals surface area (Å²) in [4.78, 5) is 28.2. The molecular formula is C17H29N3O3. The summed E-state index contributed by atoms with van der Waals surface area (Å²) in [5.74, 6) is 0.332. The normalized spacial score (nSPS) is 24.6. The number of likely N-dealkylation sites (N-methyl/N-ethyl adjacent to an activating group) is 1. The van der Waals surface area contributed by atoms with Gasteiger partial charge in [0.2, 0.25) is 5.91 Å². The molecule has 3 rings (SSSR count). The minimum atomic E-state index is -0.447. The molecule has 2 heterocycles. The molecule has 0 aromatic heterocycles. The van der Waals surface area contributed by atoms with E-state index in [-0.39, 0.29) is 23.3 Å². The molecule has 3 aliphatic rings. The van der Waals surface area contributed by atoms with Crippen LogP contribution in [-0.2, 0) is 9.53 Å².